The number of rotatable bonds is 4. The minimum Gasteiger partial charge on any atom is -0.338 e. The lowest BCUT2D eigenvalue weighted by Crippen LogP contribution is -2.51. The molecule has 1 aliphatic heterocycles. The quantitative estimate of drug-likeness (QED) is 0.528. The molecule has 0 bridgehead atoms. The van der Waals surface area contributed by atoms with Gasteiger partial charge in [0.25, 0.3) is 11.5 Å². The summed E-state index contributed by atoms with van der Waals surface area (Å²) in [4.78, 5) is 42.6. The largest absolute Gasteiger partial charge is 0.338 e. The summed E-state index contributed by atoms with van der Waals surface area (Å²) in [5.74, 6) is -0.823. The molecule has 0 spiro atoms. The van der Waals surface area contributed by atoms with Crippen molar-refractivity contribution in [2.45, 2.75) is 6.04 Å². The average molecular weight is 453 g/mol. The first-order valence-electron chi connectivity index (χ1n) is 8.51. The van der Waals surface area contributed by atoms with Crippen LogP contribution in [0.15, 0.2) is 51.9 Å². The molecule has 6 nitrogen and oxygen atoms in total. The van der Waals surface area contributed by atoms with Crippen molar-refractivity contribution < 1.29 is 9.59 Å². The number of halogens is 2. The third-order valence-electron chi connectivity index (χ3n) is 4.61. The number of amides is 1. The van der Waals surface area contributed by atoms with Gasteiger partial charge in [-0.2, -0.15) is 0 Å². The summed E-state index contributed by atoms with van der Waals surface area (Å²) in [6.07, 6.45) is 1.35. The zero-order valence-corrected chi connectivity index (χ0v) is 17.1. The van der Waals surface area contributed by atoms with Gasteiger partial charge in [-0.15, -0.1) is 0 Å². The number of hydrogen-bond acceptors (Lipinski definition) is 4. The smallest absolute Gasteiger partial charge is 0.253 e. The Bertz CT molecular complexity index is 905. The van der Waals surface area contributed by atoms with Crippen LogP contribution in [-0.2, 0) is 4.79 Å². The van der Waals surface area contributed by atoms with Crippen LogP contribution in [0.5, 0.6) is 0 Å². The zero-order valence-electron chi connectivity index (χ0n) is 14.8. The molecule has 1 amide bonds. The van der Waals surface area contributed by atoms with Gasteiger partial charge in [0, 0.05) is 48.5 Å². The Hall–Kier alpha value is -1.96. The van der Waals surface area contributed by atoms with Crippen molar-refractivity contribution >= 4 is 39.2 Å². The monoisotopic (exact) mass is 451 g/mol. The molecule has 1 fully saturated rings. The summed E-state index contributed by atoms with van der Waals surface area (Å²) in [5, 5.41) is 0.286. The summed E-state index contributed by atoms with van der Waals surface area (Å²) in [5.41, 5.74) is -0.0881. The van der Waals surface area contributed by atoms with Gasteiger partial charge in [0.15, 0.2) is 11.8 Å². The zero-order chi connectivity index (χ0) is 19.6. The van der Waals surface area contributed by atoms with Gasteiger partial charge in [0.1, 0.15) is 0 Å². The normalized spacial score (nSPS) is 16.2. The molecule has 1 unspecified atom stereocenters. The molecule has 1 aromatic carbocycles. The van der Waals surface area contributed by atoms with Crippen molar-refractivity contribution in [1.29, 1.82) is 0 Å². The highest BCUT2D eigenvalue weighted by Crippen LogP contribution is 2.20. The van der Waals surface area contributed by atoms with Crippen molar-refractivity contribution in [3.63, 3.8) is 0 Å². The first-order chi connectivity index (χ1) is 12.9. The number of piperazine rings is 1. The molecule has 1 saturated heterocycles. The van der Waals surface area contributed by atoms with E-state index in [1.165, 1.54) is 18.3 Å². The van der Waals surface area contributed by atoms with Gasteiger partial charge >= 0.3 is 0 Å². The molecule has 8 heteroatoms. The van der Waals surface area contributed by atoms with Crippen molar-refractivity contribution in [3.05, 3.63) is 68.0 Å². The van der Waals surface area contributed by atoms with Crippen LogP contribution < -0.4 is 5.56 Å². The molecule has 0 radical (unpaired) electrons. The minimum absolute atomic E-state index is 0.286. The Morgan fingerprint density at radius 3 is 2.30 bits per heavy atom. The Balaban J connectivity index is 2.02. The molecular weight excluding hydrogens is 434 g/mol. The molecule has 142 valence electrons. The molecule has 27 heavy (non-hydrogen) atoms. The van der Waals surface area contributed by atoms with Gasteiger partial charge in [-0.05, 0) is 25.2 Å². The standard InChI is InChI=1S/C19H19BrClN3O3/c1-22-8-10-23(11-9-22)19(27)17(24-12-15(21)6-7-16(24)25)18(26)13-2-4-14(20)5-3-13/h2-7,12,17H,8-11H2,1H3. The van der Waals surface area contributed by atoms with E-state index in [2.05, 4.69) is 20.8 Å². The van der Waals surface area contributed by atoms with Crippen LogP contribution in [0.1, 0.15) is 16.4 Å². The third-order valence-corrected chi connectivity index (χ3v) is 5.36. The summed E-state index contributed by atoms with van der Waals surface area (Å²) in [6, 6.07) is 8.15. The van der Waals surface area contributed by atoms with Crippen LogP contribution in [0.25, 0.3) is 0 Å². The first kappa shape index (κ1) is 19.8. The summed E-state index contributed by atoms with van der Waals surface area (Å²) >= 11 is 9.36. The molecule has 0 aliphatic carbocycles. The maximum absolute atomic E-state index is 13.2. The number of nitrogens with zero attached hydrogens (tertiary/aromatic N) is 3. The highest BCUT2D eigenvalue weighted by molar-refractivity contribution is 9.10. The molecule has 1 aliphatic rings. The van der Waals surface area contributed by atoms with Gasteiger partial charge in [0.2, 0.25) is 0 Å². The van der Waals surface area contributed by atoms with Crippen molar-refractivity contribution in [2.24, 2.45) is 0 Å². The van der Waals surface area contributed by atoms with E-state index in [1.54, 1.807) is 29.2 Å². The molecular formula is C19H19BrClN3O3. The van der Waals surface area contributed by atoms with E-state index >= 15 is 0 Å². The van der Waals surface area contributed by atoms with Crippen LogP contribution in [0.2, 0.25) is 5.02 Å². The predicted octanol–water partition coefficient (Wildman–Crippen LogP) is 2.46. The Labute approximate surface area is 170 Å². The third kappa shape index (κ3) is 4.48. The van der Waals surface area contributed by atoms with Gasteiger partial charge in [-0.3, -0.25) is 19.0 Å². The molecule has 0 N–H and O–H groups in total. The second-order valence-electron chi connectivity index (χ2n) is 6.50. The number of pyridine rings is 1. The fraction of sp³-hybridized carbons (Fsp3) is 0.316. The lowest BCUT2D eigenvalue weighted by Gasteiger charge is -2.34. The number of Topliss-reactive ketones (excluding diaryl/α,β-unsaturated/α-hetero) is 1. The Morgan fingerprint density at radius 2 is 1.67 bits per heavy atom. The van der Waals surface area contributed by atoms with Crippen LogP contribution in [-0.4, -0.2) is 59.3 Å². The van der Waals surface area contributed by atoms with Gasteiger partial charge in [-0.1, -0.05) is 39.7 Å². The van der Waals surface area contributed by atoms with Crippen LogP contribution in [0.3, 0.4) is 0 Å². The lowest BCUT2D eigenvalue weighted by atomic mass is 10.0. The van der Waals surface area contributed by atoms with Crippen LogP contribution >= 0.6 is 27.5 Å². The maximum atomic E-state index is 13.2. The Kier molecular flexibility index (Phi) is 6.14. The van der Waals surface area contributed by atoms with E-state index in [9.17, 15) is 14.4 Å². The van der Waals surface area contributed by atoms with Crippen LogP contribution in [0.4, 0.5) is 0 Å². The lowest BCUT2D eigenvalue weighted by molar-refractivity contribution is -0.135. The number of ketones is 1. The summed E-state index contributed by atoms with van der Waals surface area (Å²) in [7, 11) is 1.98. The first-order valence-corrected chi connectivity index (χ1v) is 9.69. The second kappa shape index (κ2) is 8.37. The van der Waals surface area contributed by atoms with Crippen molar-refractivity contribution in [2.75, 3.05) is 33.2 Å². The number of carbonyl (C=O) groups excluding carboxylic acids is 2. The van der Waals surface area contributed by atoms with E-state index in [4.69, 9.17) is 11.6 Å². The molecule has 1 aromatic heterocycles. The molecule has 3 rings (SSSR count). The van der Waals surface area contributed by atoms with Gasteiger partial charge < -0.3 is 9.80 Å². The summed E-state index contributed by atoms with van der Waals surface area (Å²) < 4.78 is 1.95. The summed E-state index contributed by atoms with van der Waals surface area (Å²) in [6.45, 7) is 2.45. The van der Waals surface area contributed by atoms with E-state index in [1.807, 2.05) is 7.05 Å². The number of benzene rings is 1. The maximum Gasteiger partial charge on any atom is 0.253 e. The second-order valence-corrected chi connectivity index (χ2v) is 7.85. The molecule has 2 heterocycles. The molecule has 0 saturated carbocycles. The van der Waals surface area contributed by atoms with E-state index < -0.39 is 17.4 Å². The fourth-order valence-corrected chi connectivity index (χ4v) is 3.44. The van der Waals surface area contributed by atoms with Crippen molar-refractivity contribution in [1.82, 2.24) is 14.4 Å². The molecule has 1 atom stereocenters. The number of hydrogen-bond donors (Lipinski definition) is 0. The number of aromatic nitrogens is 1. The average Bonchev–Trinajstić information content (AvgIpc) is 2.65. The van der Waals surface area contributed by atoms with E-state index in [0.717, 1.165) is 22.1 Å². The fourth-order valence-electron chi connectivity index (χ4n) is 3.01. The topological polar surface area (TPSA) is 62.6 Å². The predicted molar refractivity (Wildman–Crippen MR) is 107 cm³/mol. The van der Waals surface area contributed by atoms with Gasteiger partial charge in [0.05, 0.1) is 5.02 Å². The number of carbonyl (C=O) groups is 2. The van der Waals surface area contributed by atoms with Crippen molar-refractivity contribution in [3.8, 4) is 0 Å². The minimum atomic E-state index is -1.28. The van der Waals surface area contributed by atoms with E-state index in [-0.39, 0.29) is 10.9 Å². The molecule has 2 aromatic rings. The van der Waals surface area contributed by atoms with E-state index in [0.29, 0.717) is 18.7 Å². The van der Waals surface area contributed by atoms with Crippen LogP contribution in [0, 0.1) is 0 Å². The SMILES string of the molecule is CN1CCN(C(=O)C(C(=O)c2ccc(Br)cc2)n2cc(Cl)ccc2=O)CC1. The highest BCUT2D eigenvalue weighted by Gasteiger charge is 2.34. The number of likely N-dealkylation sites (N-methyl/N-ethyl adjacent to an activating group) is 1. The Morgan fingerprint density at radius 1 is 1.04 bits per heavy atom. The van der Waals surface area contributed by atoms with Gasteiger partial charge in [-0.25, -0.2) is 0 Å². The highest BCUT2D eigenvalue weighted by atomic mass is 79.9.